The second kappa shape index (κ2) is 18.6. The number of rotatable bonds is 13. The molecule has 8 aliphatic rings. The first-order valence-corrected chi connectivity index (χ1v) is 23.5. The molecule has 0 aromatic rings. The van der Waals surface area contributed by atoms with E-state index in [1.165, 1.54) is 38.5 Å². The number of fused-ring (bicyclic) bond motifs is 2. The Balaban J connectivity index is 1.04. The van der Waals surface area contributed by atoms with Gasteiger partial charge in [0.2, 0.25) is 17.7 Å². The second-order valence-corrected chi connectivity index (χ2v) is 21.0. The van der Waals surface area contributed by atoms with E-state index < -0.39 is 24.2 Å². The zero-order chi connectivity index (χ0) is 41.5. The lowest BCUT2D eigenvalue weighted by Gasteiger charge is -2.62. The average molecular weight is 814 g/mol. The molecule has 12 heteroatoms. The summed E-state index contributed by atoms with van der Waals surface area (Å²) in [5.41, 5.74) is 0.305. The van der Waals surface area contributed by atoms with Crippen LogP contribution in [0.5, 0.6) is 0 Å². The summed E-state index contributed by atoms with van der Waals surface area (Å²) in [5, 5.41) is 30.0. The van der Waals surface area contributed by atoms with E-state index in [0.717, 1.165) is 64.3 Å². The van der Waals surface area contributed by atoms with Gasteiger partial charge in [0.05, 0.1) is 18.8 Å². The van der Waals surface area contributed by atoms with E-state index in [2.05, 4.69) is 50.4 Å². The van der Waals surface area contributed by atoms with Crippen LogP contribution in [0.25, 0.3) is 0 Å². The fourth-order valence-electron chi connectivity index (χ4n) is 13.7. The van der Waals surface area contributed by atoms with Crippen LogP contribution >= 0.6 is 0 Å². The summed E-state index contributed by atoms with van der Waals surface area (Å²) in [6.07, 6.45) is 13.8. The van der Waals surface area contributed by atoms with Crippen molar-refractivity contribution in [3.8, 4) is 0 Å². The predicted molar refractivity (Wildman–Crippen MR) is 223 cm³/mol. The number of carbonyl (C=O) groups excluding carboxylic acids is 3. The molecule has 8 fully saturated rings. The SMILES string of the molecule is COC1C(CN2O[C@@H](CO)[C@H]([C@H](C)O)[C@H]2C(=O)N[C@H]2C[C@H]3C[C@@H]([C@@H]2C)C3(C)C)CCCC1C1CC(C(=O)N2CCC[C@H]2C(=O)NCC2CCCCC2)CC(N(C)C)C1. The summed E-state index contributed by atoms with van der Waals surface area (Å²) < 4.78 is 6.45. The number of amides is 3. The first-order valence-electron chi connectivity index (χ1n) is 23.5. The van der Waals surface area contributed by atoms with Gasteiger partial charge in [0.25, 0.3) is 0 Å². The van der Waals surface area contributed by atoms with Gasteiger partial charge in [-0.05, 0) is 133 Å². The summed E-state index contributed by atoms with van der Waals surface area (Å²) in [4.78, 5) is 53.1. The molecule has 0 aromatic heterocycles. The quantitative estimate of drug-likeness (QED) is 0.210. The zero-order valence-corrected chi connectivity index (χ0v) is 36.9. The van der Waals surface area contributed by atoms with Crippen molar-refractivity contribution in [3.05, 3.63) is 0 Å². The Hall–Kier alpha value is -1.83. The van der Waals surface area contributed by atoms with Crippen LogP contribution < -0.4 is 10.6 Å². The number of carbonyl (C=O) groups is 3. The Kier molecular flexibility index (Phi) is 14.2. The third-order valence-corrected chi connectivity index (χ3v) is 17.3. The topological polar surface area (TPSA) is 144 Å². The molecule has 2 heterocycles. The Bertz CT molecular complexity index is 1420. The van der Waals surface area contributed by atoms with Crippen molar-refractivity contribution in [1.82, 2.24) is 25.5 Å². The lowest BCUT2D eigenvalue weighted by atomic mass is 9.45. The molecule has 6 unspecified atom stereocenters. The Morgan fingerprint density at radius 1 is 0.948 bits per heavy atom. The zero-order valence-electron chi connectivity index (χ0n) is 36.9. The minimum Gasteiger partial charge on any atom is -0.394 e. The summed E-state index contributed by atoms with van der Waals surface area (Å²) in [5.74, 6) is 1.99. The highest BCUT2D eigenvalue weighted by atomic mass is 16.7. The maximum atomic E-state index is 14.5. The smallest absolute Gasteiger partial charge is 0.242 e. The molecule has 8 rings (SSSR count). The van der Waals surface area contributed by atoms with Gasteiger partial charge in [-0.15, -0.1) is 0 Å². The van der Waals surface area contributed by atoms with Crippen LogP contribution in [-0.2, 0) is 24.0 Å². The molecule has 0 spiro atoms. The molecule has 6 saturated carbocycles. The van der Waals surface area contributed by atoms with Crippen LogP contribution in [0.3, 0.4) is 0 Å². The van der Waals surface area contributed by atoms with Crippen molar-refractivity contribution in [1.29, 1.82) is 0 Å². The molecule has 6 aliphatic carbocycles. The van der Waals surface area contributed by atoms with Gasteiger partial charge in [-0.1, -0.05) is 46.5 Å². The minimum atomic E-state index is -0.843. The fraction of sp³-hybridized carbons (Fsp3) is 0.935. The van der Waals surface area contributed by atoms with Crippen LogP contribution in [-0.4, -0.2) is 133 Å². The first kappa shape index (κ1) is 44.2. The van der Waals surface area contributed by atoms with E-state index >= 15 is 0 Å². The number of likely N-dealkylation sites (tertiary alicyclic amines) is 1. The number of methoxy groups -OCH3 is 1. The Morgan fingerprint density at radius 2 is 1.71 bits per heavy atom. The Labute approximate surface area is 349 Å². The molecular formula is C46H79N5O7. The molecule has 4 N–H and O–H groups in total. The lowest BCUT2D eigenvalue weighted by Crippen LogP contribution is -2.62. The van der Waals surface area contributed by atoms with Gasteiger partial charge in [0.1, 0.15) is 18.2 Å². The molecule has 58 heavy (non-hydrogen) atoms. The van der Waals surface area contributed by atoms with Crippen molar-refractivity contribution < 1.29 is 34.2 Å². The van der Waals surface area contributed by atoms with Crippen LogP contribution in [0.4, 0.5) is 0 Å². The van der Waals surface area contributed by atoms with Gasteiger partial charge in [-0.3, -0.25) is 19.2 Å². The number of hydrogen-bond acceptors (Lipinski definition) is 9. The number of ether oxygens (including phenoxy) is 1. The average Bonchev–Trinajstić information content (AvgIpc) is 3.86. The summed E-state index contributed by atoms with van der Waals surface area (Å²) in [6.45, 7) is 10.2. The number of nitrogens with one attached hydrogen (secondary N) is 2. The molecule has 0 radical (unpaired) electrons. The highest BCUT2D eigenvalue weighted by Crippen LogP contribution is 2.61. The van der Waals surface area contributed by atoms with Crippen molar-refractivity contribution in [2.24, 2.45) is 58.7 Å². The van der Waals surface area contributed by atoms with Gasteiger partial charge >= 0.3 is 0 Å². The number of nitrogens with zero attached hydrogens (tertiary/aromatic N) is 3. The highest BCUT2D eigenvalue weighted by molar-refractivity contribution is 5.89. The molecule has 2 bridgehead atoms. The van der Waals surface area contributed by atoms with Gasteiger partial charge < -0.3 is 35.4 Å². The number of hydroxylamine groups is 2. The van der Waals surface area contributed by atoms with E-state index in [9.17, 15) is 24.6 Å². The first-order chi connectivity index (χ1) is 27.7. The predicted octanol–water partition coefficient (Wildman–Crippen LogP) is 4.61. The largest absolute Gasteiger partial charge is 0.394 e. The standard InChI is InChI=1S/C46H79N5O7/c1-27-36-22-33(46(36,3)4)23-37(27)48-44(55)41-40(28(2)53)39(26-52)58-51(41)25-30-15-11-16-35(42(30)57-7)31-19-32(21-34(20-31)49(5)6)45(56)50-18-12-17-38(50)43(54)47-24-29-13-9-8-10-14-29/h27-42,52-53H,8-26H2,1-7H3,(H,47,54)(H,48,55)/t27-,28-,30?,31?,32?,33+,34?,35?,36-,37-,38-,39-,40-,41-,42?/m0/s1. The van der Waals surface area contributed by atoms with Crippen LogP contribution in [0, 0.1) is 58.7 Å². The van der Waals surface area contributed by atoms with Crippen LogP contribution in [0.15, 0.2) is 0 Å². The fourth-order valence-corrected chi connectivity index (χ4v) is 13.7. The number of hydrogen-bond donors (Lipinski definition) is 4. The molecule has 15 atom stereocenters. The third kappa shape index (κ3) is 8.90. The normalized spacial score (nSPS) is 41.2. The van der Waals surface area contributed by atoms with E-state index in [4.69, 9.17) is 9.57 Å². The Morgan fingerprint density at radius 3 is 2.36 bits per heavy atom. The highest BCUT2D eigenvalue weighted by Gasteiger charge is 2.58. The summed E-state index contributed by atoms with van der Waals surface area (Å²) in [6, 6.07) is -0.773. The van der Waals surface area contributed by atoms with E-state index in [-0.39, 0.29) is 72.2 Å². The minimum absolute atomic E-state index is 0.0220. The van der Waals surface area contributed by atoms with Crippen molar-refractivity contribution in [2.75, 3.05) is 47.4 Å². The van der Waals surface area contributed by atoms with Gasteiger partial charge in [-0.2, -0.15) is 5.06 Å². The maximum Gasteiger partial charge on any atom is 0.242 e. The molecule has 3 amide bonds. The monoisotopic (exact) mass is 814 g/mol. The molecule has 330 valence electrons. The van der Waals surface area contributed by atoms with E-state index in [1.807, 2.05) is 4.90 Å². The number of aliphatic hydroxyl groups is 2. The van der Waals surface area contributed by atoms with Gasteiger partial charge in [0, 0.05) is 56.6 Å². The maximum absolute atomic E-state index is 14.5. The molecule has 2 aliphatic heterocycles. The molecule has 12 nitrogen and oxygen atoms in total. The number of aliphatic hydroxyl groups excluding tert-OH is 2. The third-order valence-electron chi connectivity index (χ3n) is 17.3. The van der Waals surface area contributed by atoms with Crippen molar-refractivity contribution >= 4 is 17.7 Å². The second-order valence-electron chi connectivity index (χ2n) is 21.0. The van der Waals surface area contributed by atoms with Crippen LogP contribution in [0.1, 0.15) is 124 Å². The van der Waals surface area contributed by atoms with Gasteiger partial charge in [0.15, 0.2) is 0 Å². The van der Waals surface area contributed by atoms with Gasteiger partial charge in [-0.25, -0.2) is 0 Å². The van der Waals surface area contributed by atoms with Crippen molar-refractivity contribution in [3.63, 3.8) is 0 Å². The summed E-state index contributed by atoms with van der Waals surface area (Å²) >= 11 is 0. The van der Waals surface area contributed by atoms with E-state index in [1.54, 1.807) is 19.1 Å². The van der Waals surface area contributed by atoms with Crippen molar-refractivity contribution in [2.45, 2.75) is 166 Å². The van der Waals surface area contributed by atoms with Crippen LogP contribution in [0.2, 0.25) is 0 Å². The van der Waals surface area contributed by atoms with E-state index in [0.29, 0.717) is 42.2 Å². The molecular weight excluding hydrogens is 735 g/mol. The molecule has 2 saturated heterocycles. The lowest BCUT2D eigenvalue weighted by molar-refractivity contribution is -0.193. The summed E-state index contributed by atoms with van der Waals surface area (Å²) in [7, 11) is 6.04. The molecule has 0 aromatic carbocycles.